The van der Waals surface area contributed by atoms with E-state index in [-0.39, 0.29) is 23.6 Å². The highest BCUT2D eigenvalue weighted by molar-refractivity contribution is 5.85. The molecule has 2 fully saturated rings. The second kappa shape index (κ2) is 14.4. The standard InChI is InChI=1S/C40H43F2N5O2/c1-49-37-13-7-3-9-31(37)28-46-25-21-40(38(46)48,26-30-8-2-4-10-34(30)42)20-24-45-22-18-33(19-23-45)43-39-44-35-11-5-6-12-36(35)47(39)27-29-14-16-32(41)17-15-29/h2-17,33H,18-28H2,1H3,(H,43,44). The van der Waals surface area contributed by atoms with Crippen molar-refractivity contribution in [2.75, 3.05) is 38.6 Å². The lowest BCUT2D eigenvalue weighted by molar-refractivity contribution is -0.137. The van der Waals surface area contributed by atoms with Gasteiger partial charge in [-0.2, -0.15) is 0 Å². The highest BCUT2D eigenvalue weighted by Crippen LogP contribution is 2.41. The van der Waals surface area contributed by atoms with Crippen LogP contribution in [0.15, 0.2) is 97.1 Å². The molecule has 254 valence electrons. The lowest BCUT2D eigenvalue weighted by Crippen LogP contribution is -2.43. The Hall–Kier alpha value is -4.76. The molecule has 1 atom stereocenters. The quantitative estimate of drug-likeness (QED) is 0.152. The summed E-state index contributed by atoms with van der Waals surface area (Å²) >= 11 is 0. The number of ether oxygens (including phenoxy) is 1. The van der Waals surface area contributed by atoms with E-state index >= 15 is 0 Å². The number of para-hydroxylation sites is 3. The number of amides is 1. The summed E-state index contributed by atoms with van der Waals surface area (Å²) in [6.07, 6.45) is 3.64. The van der Waals surface area contributed by atoms with Crippen LogP contribution in [-0.4, -0.2) is 64.6 Å². The van der Waals surface area contributed by atoms with Gasteiger partial charge >= 0.3 is 0 Å². The van der Waals surface area contributed by atoms with E-state index < -0.39 is 5.41 Å². The van der Waals surface area contributed by atoms with Gasteiger partial charge in [0.15, 0.2) is 0 Å². The van der Waals surface area contributed by atoms with E-state index in [1.165, 1.54) is 18.2 Å². The molecule has 2 aliphatic heterocycles. The molecule has 2 aliphatic rings. The summed E-state index contributed by atoms with van der Waals surface area (Å²) in [6, 6.07) is 29.6. The molecule has 3 heterocycles. The number of imidazole rings is 1. The van der Waals surface area contributed by atoms with Crippen LogP contribution in [0.5, 0.6) is 5.75 Å². The van der Waals surface area contributed by atoms with Gasteiger partial charge in [-0.05, 0) is 86.2 Å². The normalized spacial score (nSPS) is 18.8. The molecule has 0 spiro atoms. The van der Waals surface area contributed by atoms with Gasteiger partial charge in [0, 0.05) is 37.8 Å². The number of hydrogen-bond donors (Lipinski definition) is 1. The van der Waals surface area contributed by atoms with Crippen LogP contribution in [0.2, 0.25) is 0 Å². The minimum Gasteiger partial charge on any atom is -0.496 e. The lowest BCUT2D eigenvalue weighted by Gasteiger charge is -2.35. The number of benzene rings is 4. The highest BCUT2D eigenvalue weighted by Gasteiger charge is 2.47. The third-order valence-corrected chi connectivity index (χ3v) is 10.4. The van der Waals surface area contributed by atoms with Crippen molar-refractivity contribution in [1.29, 1.82) is 0 Å². The van der Waals surface area contributed by atoms with Gasteiger partial charge in [0.05, 0.1) is 30.1 Å². The molecule has 9 heteroatoms. The number of rotatable bonds is 12. The predicted molar refractivity (Wildman–Crippen MR) is 189 cm³/mol. The van der Waals surface area contributed by atoms with Crippen LogP contribution < -0.4 is 10.1 Å². The van der Waals surface area contributed by atoms with Crippen molar-refractivity contribution in [3.8, 4) is 5.75 Å². The fourth-order valence-electron chi connectivity index (χ4n) is 7.55. The van der Waals surface area contributed by atoms with E-state index in [0.717, 1.165) is 66.3 Å². The minimum atomic E-state index is -0.662. The maximum atomic E-state index is 15.0. The molecular weight excluding hydrogens is 620 g/mol. The minimum absolute atomic E-state index is 0.0956. The van der Waals surface area contributed by atoms with Crippen LogP contribution in [0, 0.1) is 17.0 Å². The van der Waals surface area contributed by atoms with Crippen molar-refractivity contribution >= 4 is 22.9 Å². The number of nitrogens with zero attached hydrogens (tertiary/aromatic N) is 4. The summed E-state index contributed by atoms with van der Waals surface area (Å²) in [6.45, 7) is 4.27. The average molecular weight is 664 g/mol. The third-order valence-electron chi connectivity index (χ3n) is 10.4. The first kappa shape index (κ1) is 32.8. The number of aromatic nitrogens is 2. The third kappa shape index (κ3) is 7.17. The molecule has 0 radical (unpaired) electrons. The van der Waals surface area contributed by atoms with Crippen LogP contribution >= 0.6 is 0 Å². The molecule has 5 aromatic rings. The molecule has 7 nitrogen and oxygen atoms in total. The van der Waals surface area contributed by atoms with Crippen molar-refractivity contribution in [2.24, 2.45) is 5.41 Å². The monoisotopic (exact) mass is 663 g/mol. The Morgan fingerprint density at radius 3 is 2.35 bits per heavy atom. The first-order chi connectivity index (χ1) is 23.9. The Kier molecular flexibility index (Phi) is 9.62. The number of hydrogen-bond acceptors (Lipinski definition) is 5. The van der Waals surface area contributed by atoms with Gasteiger partial charge in [-0.15, -0.1) is 0 Å². The fraction of sp³-hybridized carbons (Fsp3) is 0.350. The van der Waals surface area contributed by atoms with Crippen molar-refractivity contribution in [3.63, 3.8) is 0 Å². The molecule has 0 saturated carbocycles. The van der Waals surface area contributed by atoms with Crippen LogP contribution in [0.1, 0.15) is 42.4 Å². The van der Waals surface area contributed by atoms with Crippen LogP contribution in [-0.2, 0) is 24.3 Å². The summed E-state index contributed by atoms with van der Waals surface area (Å²) in [5.41, 5.74) is 3.88. The maximum Gasteiger partial charge on any atom is 0.229 e. The maximum absolute atomic E-state index is 15.0. The summed E-state index contributed by atoms with van der Waals surface area (Å²) in [5.74, 6) is 1.18. The molecule has 7 rings (SSSR count). The van der Waals surface area contributed by atoms with E-state index in [1.54, 1.807) is 13.2 Å². The van der Waals surface area contributed by atoms with Gasteiger partial charge in [0.1, 0.15) is 17.4 Å². The molecule has 49 heavy (non-hydrogen) atoms. The zero-order valence-corrected chi connectivity index (χ0v) is 28.0. The largest absolute Gasteiger partial charge is 0.496 e. The number of carbonyl (C=O) groups excluding carboxylic acids is 1. The predicted octanol–water partition coefficient (Wildman–Crippen LogP) is 7.30. The summed E-state index contributed by atoms with van der Waals surface area (Å²) in [5, 5.41) is 3.72. The molecule has 1 aromatic heterocycles. The fourth-order valence-corrected chi connectivity index (χ4v) is 7.55. The van der Waals surface area contributed by atoms with Gasteiger partial charge in [0.2, 0.25) is 11.9 Å². The first-order valence-corrected chi connectivity index (χ1v) is 17.2. The topological polar surface area (TPSA) is 62.6 Å². The van der Waals surface area contributed by atoms with Crippen molar-refractivity contribution < 1.29 is 18.3 Å². The Labute approximate surface area is 286 Å². The Morgan fingerprint density at radius 1 is 0.857 bits per heavy atom. The lowest BCUT2D eigenvalue weighted by atomic mass is 9.76. The Balaban J connectivity index is 1.02. The van der Waals surface area contributed by atoms with Gasteiger partial charge in [-0.1, -0.05) is 60.7 Å². The van der Waals surface area contributed by atoms with Crippen molar-refractivity contribution in [2.45, 2.75) is 51.2 Å². The van der Waals surface area contributed by atoms with Gasteiger partial charge in [0.25, 0.3) is 0 Å². The van der Waals surface area contributed by atoms with E-state index in [1.807, 2.05) is 71.6 Å². The zero-order chi connectivity index (χ0) is 33.8. The molecule has 1 amide bonds. The Morgan fingerprint density at radius 2 is 1.57 bits per heavy atom. The molecule has 2 saturated heterocycles. The van der Waals surface area contributed by atoms with Crippen LogP contribution in [0.25, 0.3) is 11.0 Å². The van der Waals surface area contributed by atoms with Gasteiger partial charge < -0.3 is 24.4 Å². The smallest absolute Gasteiger partial charge is 0.229 e. The number of nitrogens with one attached hydrogen (secondary N) is 1. The SMILES string of the molecule is COc1ccccc1CN1CCC(CCN2CCC(Nc3nc4ccccc4n3Cc3ccc(F)cc3)CC2)(Cc2ccccc2F)C1=O. The second-order valence-electron chi connectivity index (χ2n) is 13.5. The van der Waals surface area contributed by atoms with Crippen molar-refractivity contribution in [3.05, 3.63) is 125 Å². The number of carbonyl (C=O) groups is 1. The zero-order valence-electron chi connectivity index (χ0n) is 28.0. The summed E-state index contributed by atoms with van der Waals surface area (Å²) in [7, 11) is 1.65. The summed E-state index contributed by atoms with van der Waals surface area (Å²) in [4.78, 5) is 23.5. The van der Waals surface area contributed by atoms with Gasteiger partial charge in [-0.3, -0.25) is 4.79 Å². The molecule has 0 aliphatic carbocycles. The number of fused-ring (bicyclic) bond motifs is 1. The molecular formula is C40H43F2N5O2. The molecule has 1 N–H and O–H groups in total. The molecule has 4 aromatic carbocycles. The molecule has 1 unspecified atom stereocenters. The van der Waals surface area contributed by atoms with E-state index in [2.05, 4.69) is 20.9 Å². The number of piperidine rings is 1. The second-order valence-corrected chi connectivity index (χ2v) is 13.5. The van der Waals surface area contributed by atoms with E-state index in [9.17, 15) is 13.6 Å². The van der Waals surface area contributed by atoms with Crippen LogP contribution in [0.3, 0.4) is 0 Å². The average Bonchev–Trinajstić information content (AvgIpc) is 3.62. The van der Waals surface area contributed by atoms with E-state index in [0.29, 0.717) is 44.5 Å². The molecule has 0 bridgehead atoms. The van der Waals surface area contributed by atoms with Crippen LogP contribution in [0.4, 0.5) is 14.7 Å². The Bertz CT molecular complexity index is 1900. The highest BCUT2D eigenvalue weighted by atomic mass is 19.1. The number of anilines is 1. The van der Waals surface area contributed by atoms with Gasteiger partial charge in [-0.25, -0.2) is 13.8 Å². The summed E-state index contributed by atoms with van der Waals surface area (Å²) < 4.78 is 36.3. The van der Waals surface area contributed by atoms with E-state index in [4.69, 9.17) is 9.72 Å². The van der Waals surface area contributed by atoms with Crippen molar-refractivity contribution in [1.82, 2.24) is 19.4 Å². The number of methoxy groups -OCH3 is 1. The number of halogens is 2. The number of likely N-dealkylation sites (tertiary alicyclic amines) is 2. The first-order valence-electron chi connectivity index (χ1n) is 17.2.